The number of aliphatic hydroxyl groups is 1. The van der Waals surface area contributed by atoms with E-state index in [9.17, 15) is 23.9 Å². The molecule has 1 unspecified atom stereocenters. The molecule has 0 radical (unpaired) electrons. The van der Waals surface area contributed by atoms with Crippen molar-refractivity contribution in [3.8, 4) is 0 Å². The van der Waals surface area contributed by atoms with E-state index in [2.05, 4.69) is 0 Å². The molecule has 1 atom stereocenters. The third kappa shape index (κ3) is 3.49. The first-order valence-corrected chi connectivity index (χ1v) is 11.4. The number of halogens is 1. The number of carbonyl (C=O) groups is 3. The number of Topliss-reactive ketones (excluding diaryl/α,β-unsaturated/α-hetero) is 1. The van der Waals surface area contributed by atoms with Gasteiger partial charge in [-0.25, -0.2) is 4.39 Å². The second-order valence-electron chi connectivity index (χ2n) is 8.40. The van der Waals surface area contributed by atoms with E-state index < -0.39 is 34.7 Å². The summed E-state index contributed by atoms with van der Waals surface area (Å²) in [5, 5.41) is 11.3. The molecule has 178 valence electrons. The molecule has 1 saturated heterocycles. The van der Waals surface area contributed by atoms with E-state index in [0.717, 1.165) is 25.0 Å². The molecule has 2 aliphatic heterocycles. The van der Waals surface area contributed by atoms with Gasteiger partial charge in [0.05, 0.1) is 11.3 Å². The second kappa shape index (κ2) is 9.38. The number of methoxy groups -OCH3 is 1. The highest BCUT2D eigenvalue weighted by molar-refractivity contribution is 6.50. The normalized spacial score (nSPS) is 21.1. The largest absolute Gasteiger partial charge is 0.507 e. The minimum Gasteiger partial charge on any atom is -0.507 e. The minimum absolute atomic E-state index is 0.0836. The third-order valence-electron chi connectivity index (χ3n) is 6.39. The monoisotopic (exact) mass is 466 g/mol. The molecule has 7 nitrogen and oxygen atoms in total. The summed E-state index contributed by atoms with van der Waals surface area (Å²) in [6.07, 6.45) is 1.97. The van der Waals surface area contributed by atoms with E-state index in [4.69, 9.17) is 4.74 Å². The number of para-hydroxylation sites is 1. The zero-order valence-corrected chi connectivity index (χ0v) is 19.2. The van der Waals surface area contributed by atoms with Crippen LogP contribution < -0.4 is 4.90 Å². The van der Waals surface area contributed by atoms with Crippen molar-refractivity contribution in [3.05, 3.63) is 71.0 Å². The number of ketones is 1. The highest BCUT2D eigenvalue weighted by atomic mass is 19.1. The quantitative estimate of drug-likeness (QED) is 0.278. The first-order valence-electron chi connectivity index (χ1n) is 11.4. The van der Waals surface area contributed by atoms with Gasteiger partial charge in [-0.3, -0.25) is 14.4 Å². The van der Waals surface area contributed by atoms with E-state index in [0.29, 0.717) is 30.8 Å². The van der Waals surface area contributed by atoms with Crippen molar-refractivity contribution >= 4 is 29.0 Å². The highest BCUT2D eigenvalue weighted by Crippen LogP contribution is 2.53. The molecule has 0 bridgehead atoms. The molecule has 4 rings (SSSR count). The number of likely N-dealkylation sites (tertiary alicyclic amines) is 1. The van der Waals surface area contributed by atoms with Crippen LogP contribution in [-0.2, 0) is 24.7 Å². The molecular formula is C26H27FN2O5. The van der Waals surface area contributed by atoms with Crippen molar-refractivity contribution in [2.24, 2.45) is 0 Å². The van der Waals surface area contributed by atoms with E-state index in [1.165, 1.54) is 24.1 Å². The maximum absolute atomic E-state index is 14.2. The van der Waals surface area contributed by atoms with Crippen LogP contribution in [-0.4, -0.2) is 54.4 Å². The summed E-state index contributed by atoms with van der Waals surface area (Å²) in [5.74, 6) is -3.28. The van der Waals surface area contributed by atoms with Crippen LogP contribution in [0.2, 0.25) is 0 Å². The molecule has 0 saturated carbocycles. The molecule has 0 aromatic heterocycles. The molecule has 2 aromatic carbocycles. The van der Waals surface area contributed by atoms with E-state index in [1.54, 1.807) is 29.2 Å². The summed E-state index contributed by atoms with van der Waals surface area (Å²) in [5.41, 5.74) is -0.878. The van der Waals surface area contributed by atoms with Gasteiger partial charge in [-0.2, -0.15) is 0 Å². The number of fused-ring (bicyclic) bond motifs is 2. The number of anilines is 1. The Kier molecular flexibility index (Phi) is 6.52. The average molecular weight is 467 g/mol. The number of hydrogen-bond acceptors (Lipinski definition) is 5. The van der Waals surface area contributed by atoms with Gasteiger partial charge in [0.1, 0.15) is 11.6 Å². The fourth-order valence-electron chi connectivity index (χ4n) is 4.82. The zero-order chi connectivity index (χ0) is 24.5. The number of carbonyl (C=O) groups excluding carboxylic acids is 3. The lowest BCUT2D eigenvalue weighted by Gasteiger charge is -2.34. The maximum atomic E-state index is 14.2. The van der Waals surface area contributed by atoms with Crippen LogP contribution in [0.25, 0.3) is 5.76 Å². The molecule has 0 aliphatic carbocycles. The summed E-state index contributed by atoms with van der Waals surface area (Å²) >= 11 is 0. The molecule has 2 amide bonds. The summed E-state index contributed by atoms with van der Waals surface area (Å²) in [7, 11) is 1.53. The standard InChI is InChI=1S/C26H27FN2O5/c1-3-4-14-28-20-9-6-5-8-19(20)26(25(28)33)21(22(30)17-10-12-18(27)13-11-17)23(31)24(32)29(26)15-7-16-34-2/h5-6,8-13,30H,3-4,7,14-16H2,1-2H3. The van der Waals surface area contributed by atoms with Gasteiger partial charge in [-0.15, -0.1) is 0 Å². The van der Waals surface area contributed by atoms with Gasteiger partial charge < -0.3 is 19.6 Å². The summed E-state index contributed by atoms with van der Waals surface area (Å²) < 4.78 is 18.6. The lowest BCUT2D eigenvalue weighted by molar-refractivity contribution is -0.143. The predicted octanol–water partition coefficient (Wildman–Crippen LogP) is 3.58. The van der Waals surface area contributed by atoms with Crippen molar-refractivity contribution in [3.63, 3.8) is 0 Å². The van der Waals surface area contributed by atoms with Crippen LogP contribution in [0, 0.1) is 5.82 Å². The molecule has 8 heteroatoms. The number of nitrogens with zero attached hydrogens (tertiary/aromatic N) is 2. The maximum Gasteiger partial charge on any atom is 0.296 e. The Morgan fingerprint density at radius 1 is 1.03 bits per heavy atom. The van der Waals surface area contributed by atoms with Gasteiger partial charge in [0.15, 0.2) is 5.54 Å². The first-order chi connectivity index (χ1) is 16.4. The molecular weight excluding hydrogens is 439 g/mol. The molecule has 2 heterocycles. The number of aliphatic hydroxyl groups excluding tert-OH is 1. The van der Waals surface area contributed by atoms with Crippen LogP contribution in [0.4, 0.5) is 10.1 Å². The van der Waals surface area contributed by atoms with E-state index in [1.807, 2.05) is 6.92 Å². The van der Waals surface area contributed by atoms with Crippen molar-refractivity contribution in [1.29, 1.82) is 0 Å². The zero-order valence-electron chi connectivity index (χ0n) is 19.2. The summed E-state index contributed by atoms with van der Waals surface area (Å²) in [6, 6.07) is 12.0. The van der Waals surface area contributed by atoms with Crippen molar-refractivity contribution < 1.29 is 28.6 Å². The highest BCUT2D eigenvalue weighted by Gasteiger charge is 2.66. The average Bonchev–Trinajstić information content (AvgIpc) is 3.21. The smallest absolute Gasteiger partial charge is 0.296 e. The van der Waals surface area contributed by atoms with Crippen molar-refractivity contribution in [1.82, 2.24) is 4.90 Å². The van der Waals surface area contributed by atoms with Crippen LogP contribution in [0.1, 0.15) is 37.3 Å². The predicted molar refractivity (Wildman–Crippen MR) is 125 cm³/mol. The molecule has 1 fully saturated rings. The molecule has 1 N–H and O–H groups in total. The number of rotatable bonds is 8. The van der Waals surface area contributed by atoms with E-state index >= 15 is 0 Å². The Bertz CT molecular complexity index is 1160. The number of hydrogen-bond donors (Lipinski definition) is 1. The summed E-state index contributed by atoms with van der Waals surface area (Å²) in [4.78, 5) is 43.7. The second-order valence-corrected chi connectivity index (χ2v) is 8.40. The van der Waals surface area contributed by atoms with Crippen LogP contribution in [0.5, 0.6) is 0 Å². The van der Waals surface area contributed by atoms with Gasteiger partial charge in [-0.1, -0.05) is 31.5 Å². The van der Waals surface area contributed by atoms with E-state index in [-0.39, 0.29) is 17.7 Å². The third-order valence-corrected chi connectivity index (χ3v) is 6.39. The molecule has 2 aliphatic rings. The van der Waals surface area contributed by atoms with Crippen LogP contribution in [0.3, 0.4) is 0 Å². The Labute approximate surface area is 197 Å². The van der Waals surface area contributed by atoms with Crippen molar-refractivity contribution in [2.75, 3.05) is 31.7 Å². The number of ether oxygens (including phenoxy) is 1. The fourth-order valence-corrected chi connectivity index (χ4v) is 4.82. The van der Waals surface area contributed by atoms with Gasteiger partial charge in [0.25, 0.3) is 17.6 Å². The lowest BCUT2D eigenvalue weighted by Crippen LogP contribution is -2.52. The van der Waals surface area contributed by atoms with Gasteiger partial charge in [0, 0.05) is 37.9 Å². The van der Waals surface area contributed by atoms with Gasteiger partial charge >= 0.3 is 0 Å². The van der Waals surface area contributed by atoms with Gasteiger partial charge in [0.2, 0.25) is 0 Å². The lowest BCUT2D eigenvalue weighted by atomic mass is 9.82. The minimum atomic E-state index is -1.80. The molecule has 2 aromatic rings. The SMILES string of the molecule is CCCCN1C(=O)C2(C(=C(O)c3ccc(F)cc3)C(=O)C(=O)N2CCCOC)c2ccccc21. The Morgan fingerprint density at radius 2 is 1.74 bits per heavy atom. The van der Waals surface area contributed by atoms with Gasteiger partial charge in [-0.05, 0) is 43.2 Å². The topological polar surface area (TPSA) is 87.2 Å². The number of unbranched alkanes of at least 4 members (excludes halogenated alkanes) is 1. The Balaban J connectivity index is 1.99. The Morgan fingerprint density at radius 3 is 2.41 bits per heavy atom. The molecule has 1 spiro atoms. The summed E-state index contributed by atoms with van der Waals surface area (Å²) in [6.45, 7) is 2.83. The first kappa shape index (κ1) is 23.6. The Hall–Kier alpha value is -3.52. The fraction of sp³-hybridized carbons (Fsp3) is 0.346. The van der Waals surface area contributed by atoms with Crippen molar-refractivity contribution in [2.45, 2.75) is 31.7 Å². The number of benzene rings is 2. The molecule has 34 heavy (non-hydrogen) atoms. The van der Waals surface area contributed by atoms with Crippen LogP contribution in [0.15, 0.2) is 54.1 Å². The van der Waals surface area contributed by atoms with Crippen LogP contribution >= 0.6 is 0 Å². The number of amides is 2.